The molecule has 0 aromatic heterocycles. The molecule has 0 spiro atoms. The van der Waals surface area contributed by atoms with Gasteiger partial charge in [0.05, 0.1) is 6.61 Å². The van der Waals surface area contributed by atoms with Crippen molar-refractivity contribution in [2.75, 3.05) is 13.2 Å². The van der Waals surface area contributed by atoms with Crippen LogP contribution in [-0.4, -0.2) is 43.1 Å². The third-order valence-corrected chi connectivity index (χ3v) is 3.88. The quantitative estimate of drug-likeness (QED) is 0.489. The maximum Gasteiger partial charge on any atom is 0.326 e. The predicted octanol–water partition coefficient (Wildman–Crippen LogP) is 1.81. The number of hydrogen-bond acceptors (Lipinski definition) is 5. The number of nitrogens with one attached hydrogen (secondary N) is 2. The van der Waals surface area contributed by atoms with E-state index in [1.807, 2.05) is 0 Å². The fraction of sp³-hybridized carbons (Fsp3) is 0.526. The predicted molar refractivity (Wildman–Crippen MR) is 95.9 cm³/mol. The molecule has 1 atom stereocenters. The molecule has 26 heavy (non-hydrogen) atoms. The second-order valence-electron chi connectivity index (χ2n) is 6.32. The molecule has 1 aliphatic rings. The van der Waals surface area contributed by atoms with Gasteiger partial charge in [-0.2, -0.15) is 0 Å². The van der Waals surface area contributed by atoms with Crippen molar-refractivity contribution in [2.45, 2.75) is 51.7 Å². The number of benzene rings is 1. The SMILES string of the molecule is CCCCOc1ccc(C(=O)NCC(=O)O[C@@H](C)C(=O)NC2CC2)cc1. The molecule has 1 aromatic carbocycles. The average molecular weight is 362 g/mol. The number of ether oxygens (including phenoxy) is 2. The molecule has 2 rings (SSSR count). The van der Waals surface area contributed by atoms with E-state index in [2.05, 4.69) is 17.6 Å². The Morgan fingerprint density at radius 3 is 2.50 bits per heavy atom. The number of rotatable bonds is 10. The topological polar surface area (TPSA) is 93.7 Å². The van der Waals surface area contributed by atoms with Crippen LogP contribution in [0.2, 0.25) is 0 Å². The van der Waals surface area contributed by atoms with Crippen LogP contribution >= 0.6 is 0 Å². The zero-order valence-corrected chi connectivity index (χ0v) is 15.2. The smallest absolute Gasteiger partial charge is 0.326 e. The molecule has 2 amide bonds. The van der Waals surface area contributed by atoms with Crippen molar-refractivity contribution in [1.29, 1.82) is 0 Å². The molecule has 0 heterocycles. The van der Waals surface area contributed by atoms with Crippen LogP contribution in [0.15, 0.2) is 24.3 Å². The highest BCUT2D eigenvalue weighted by Crippen LogP contribution is 2.18. The summed E-state index contributed by atoms with van der Waals surface area (Å²) < 4.78 is 10.5. The lowest BCUT2D eigenvalue weighted by Crippen LogP contribution is -2.39. The first kappa shape index (κ1) is 19.8. The van der Waals surface area contributed by atoms with E-state index < -0.39 is 18.0 Å². The summed E-state index contributed by atoms with van der Waals surface area (Å²) in [6.45, 7) is 3.94. The summed E-state index contributed by atoms with van der Waals surface area (Å²) in [6.07, 6.45) is 3.08. The zero-order chi connectivity index (χ0) is 18.9. The molecular formula is C19H26N2O5. The second-order valence-corrected chi connectivity index (χ2v) is 6.32. The van der Waals surface area contributed by atoms with Crippen LogP contribution in [0.1, 0.15) is 49.9 Å². The Kier molecular flexibility index (Phi) is 7.44. The number of unbranched alkanes of at least 4 members (excludes halogenated alkanes) is 1. The Hall–Kier alpha value is -2.57. The summed E-state index contributed by atoms with van der Waals surface area (Å²) in [5.74, 6) is -0.663. The van der Waals surface area contributed by atoms with E-state index in [-0.39, 0.29) is 18.5 Å². The van der Waals surface area contributed by atoms with Gasteiger partial charge in [-0.1, -0.05) is 13.3 Å². The molecule has 0 aliphatic heterocycles. The highest BCUT2D eigenvalue weighted by atomic mass is 16.5. The minimum absolute atomic E-state index is 0.206. The highest BCUT2D eigenvalue weighted by Gasteiger charge is 2.27. The van der Waals surface area contributed by atoms with Gasteiger partial charge in [0, 0.05) is 11.6 Å². The number of amides is 2. The first-order chi connectivity index (χ1) is 12.5. The molecule has 1 fully saturated rings. The normalized spacial score (nSPS) is 14.2. The fourth-order valence-electron chi connectivity index (χ4n) is 2.13. The number of hydrogen-bond donors (Lipinski definition) is 2. The second kappa shape index (κ2) is 9.79. The summed E-state index contributed by atoms with van der Waals surface area (Å²) >= 11 is 0. The average Bonchev–Trinajstić information content (AvgIpc) is 3.44. The number of esters is 1. The van der Waals surface area contributed by atoms with E-state index in [0.29, 0.717) is 17.9 Å². The van der Waals surface area contributed by atoms with Crippen molar-refractivity contribution < 1.29 is 23.9 Å². The van der Waals surface area contributed by atoms with E-state index >= 15 is 0 Å². The van der Waals surface area contributed by atoms with Crippen LogP contribution in [-0.2, 0) is 14.3 Å². The molecule has 1 aromatic rings. The van der Waals surface area contributed by atoms with Crippen molar-refractivity contribution in [1.82, 2.24) is 10.6 Å². The Balaban J connectivity index is 1.71. The molecule has 7 nitrogen and oxygen atoms in total. The van der Waals surface area contributed by atoms with Crippen molar-refractivity contribution >= 4 is 17.8 Å². The minimum Gasteiger partial charge on any atom is -0.494 e. The molecule has 7 heteroatoms. The van der Waals surface area contributed by atoms with Gasteiger partial charge in [-0.05, 0) is 50.5 Å². The van der Waals surface area contributed by atoms with E-state index in [1.54, 1.807) is 24.3 Å². The standard InChI is InChI=1S/C19H26N2O5/c1-3-4-11-25-16-9-5-14(6-10-16)19(24)20-12-17(22)26-13(2)18(23)21-15-7-8-15/h5-6,9-10,13,15H,3-4,7-8,11-12H2,1-2H3,(H,20,24)(H,21,23)/t13-/m0/s1. The molecular weight excluding hydrogens is 336 g/mol. The van der Waals surface area contributed by atoms with Crippen molar-refractivity contribution in [3.8, 4) is 5.75 Å². The lowest BCUT2D eigenvalue weighted by atomic mass is 10.2. The van der Waals surface area contributed by atoms with Gasteiger partial charge < -0.3 is 20.1 Å². The number of carbonyl (C=O) groups excluding carboxylic acids is 3. The summed E-state index contributed by atoms with van der Waals surface area (Å²) in [7, 11) is 0. The van der Waals surface area contributed by atoms with E-state index in [9.17, 15) is 14.4 Å². The Morgan fingerprint density at radius 1 is 1.19 bits per heavy atom. The lowest BCUT2D eigenvalue weighted by Gasteiger charge is -2.13. The molecule has 0 bridgehead atoms. The van der Waals surface area contributed by atoms with Crippen LogP contribution in [0.4, 0.5) is 0 Å². The van der Waals surface area contributed by atoms with Crippen LogP contribution in [0, 0.1) is 0 Å². The maximum atomic E-state index is 12.1. The zero-order valence-electron chi connectivity index (χ0n) is 15.2. The molecule has 142 valence electrons. The Bertz CT molecular complexity index is 625. The first-order valence-corrected chi connectivity index (χ1v) is 9.00. The van der Waals surface area contributed by atoms with E-state index in [4.69, 9.17) is 9.47 Å². The van der Waals surface area contributed by atoms with Crippen LogP contribution in [0.5, 0.6) is 5.75 Å². The summed E-state index contributed by atoms with van der Waals surface area (Å²) in [4.78, 5) is 35.5. The molecule has 2 N–H and O–H groups in total. The number of carbonyl (C=O) groups is 3. The Morgan fingerprint density at radius 2 is 1.88 bits per heavy atom. The summed E-state index contributed by atoms with van der Waals surface area (Å²) in [5, 5.41) is 5.24. The summed E-state index contributed by atoms with van der Waals surface area (Å²) in [6, 6.07) is 6.90. The maximum absolute atomic E-state index is 12.1. The summed E-state index contributed by atoms with van der Waals surface area (Å²) in [5.41, 5.74) is 0.417. The third kappa shape index (κ3) is 6.74. The van der Waals surface area contributed by atoms with Crippen molar-refractivity contribution in [3.05, 3.63) is 29.8 Å². The third-order valence-electron chi connectivity index (χ3n) is 3.88. The van der Waals surface area contributed by atoms with Crippen molar-refractivity contribution in [3.63, 3.8) is 0 Å². The Labute approximate surface area is 153 Å². The van der Waals surface area contributed by atoms with Crippen LogP contribution in [0.25, 0.3) is 0 Å². The highest BCUT2D eigenvalue weighted by molar-refractivity contribution is 5.96. The lowest BCUT2D eigenvalue weighted by molar-refractivity contribution is -0.153. The van der Waals surface area contributed by atoms with Crippen molar-refractivity contribution in [2.24, 2.45) is 0 Å². The first-order valence-electron chi connectivity index (χ1n) is 9.00. The van der Waals surface area contributed by atoms with Gasteiger partial charge in [0.25, 0.3) is 11.8 Å². The van der Waals surface area contributed by atoms with Gasteiger partial charge in [-0.15, -0.1) is 0 Å². The molecule has 1 saturated carbocycles. The van der Waals surface area contributed by atoms with Gasteiger partial charge in [0.15, 0.2) is 6.10 Å². The van der Waals surface area contributed by atoms with Gasteiger partial charge in [0.1, 0.15) is 12.3 Å². The van der Waals surface area contributed by atoms with E-state index in [0.717, 1.165) is 25.7 Å². The van der Waals surface area contributed by atoms with Gasteiger partial charge in [-0.25, -0.2) is 0 Å². The van der Waals surface area contributed by atoms with Gasteiger partial charge in [0.2, 0.25) is 0 Å². The molecule has 0 unspecified atom stereocenters. The minimum atomic E-state index is -0.875. The van der Waals surface area contributed by atoms with Gasteiger partial charge in [-0.3, -0.25) is 14.4 Å². The molecule has 0 radical (unpaired) electrons. The van der Waals surface area contributed by atoms with Crippen LogP contribution < -0.4 is 15.4 Å². The molecule has 0 saturated heterocycles. The fourth-order valence-corrected chi connectivity index (χ4v) is 2.13. The molecule has 1 aliphatic carbocycles. The largest absolute Gasteiger partial charge is 0.494 e. The van der Waals surface area contributed by atoms with E-state index in [1.165, 1.54) is 6.92 Å². The monoisotopic (exact) mass is 362 g/mol. The van der Waals surface area contributed by atoms with Crippen LogP contribution in [0.3, 0.4) is 0 Å². The van der Waals surface area contributed by atoms with Gasteiger partial charge >= 0.3 is 5.97 Å².